The van der Waals surface area contributed by atoms with Gasteiger partial charge in [-0.3, -0.25) is 9.59 Å². The van der Waals surface area contributed by atoms with E-state index in [2.05, 4.69) is 60.1 Å². The maximum atomic E-state index is 12.4. The van der Waals surface area contributed by atoms with E-state index in [-0.39, 0.29) is 34.7 Å². The number of morpholine rings is 1. The summed E-state index contributed by atoms with van der Waals surface area (Å²) in [5.41, 5.74) is 14.1. The van der Waals surface area contributed by atoms with Crippen LogP contribution in [0.4, 0.5) is 0 Å². The number of aromatic nitrogens is 11. The summed E-state index contributed by atoms with van der Waals surface area (Å²) in [6, 6.07) is 17.7. The van der Waals surface area contributed by atoms with Crippen molar-refractivity contribution in [1.82, 2.24) is 69.9 Å². The highest BCUT2D eigenvalue weighted by molar-refractivity contribution is 6.31. The molecule has 0 aliphatic carbocycles. The first kappa shape index (κ1) is 72.4. The molecule has 24 nitrogen and oxygen atoms in total. The number of aromatic hydroxyl groups is 1. The number of piperazine rings is 1. The lowest BCUT2D eigenvalue weighted by atomic mass is 10.0. The van der Waals surface area contributed by atoms with Crippen LogP contribution in [-0.4, -0.2) is 172 Å². The first-order valence-electron chi connectivity index (χ1n) is 30.2. The molecule has 2 saturated heterocycles. The van der Waals surface area contributed by atoms with E-state index in [4.69, 9.17) is 77.0 Å². The number of halogens is 5. The van der Waals surface area contributed by atoms with Gasteiger partial charge in [-0.1, -0.05) is 58.0 Å². The van der Waals surface area contributed by atoms with Gasteiger partial charge in [-0.25, -0.2) is 44.3 Å². The summed E-state index contributed by atoms with van der Waals surface area (Å²) in [6.45, 7) is 19.4. The van der Waals surface area contributed by atoms with Crippen molar-refractivity contribution in [3.63, 3.8) is 0 Å². The average molecular weight is 1410 g/mol. The fourth-order valence-electron chi connectivity index (χ4n) is 10.0. The number of rotatable bonds is 13. The fraction of sp³-hybridized carbons (Fsp3) is 0.269. The topological polar surface area (TPSA) is 317 Å². The predicted octanol–water partition coefficient (Wildman–Crippen LogP) is 13.0. The van der Waals surface area contributed by atoms with E-state index in [1.807, 2.05) is 68.4 Å². The van der Waals surface area contributed by atoms with Gasteiger partial charge in [0.25, 0.3) is 11.8 Å². The Morgan fingerprint density at radius 2 is 1.01 bits per heavy atom. The van der Waals surface area contributed by atoms with Crippen molar-refractivity contribution in [2.24, 2.45) is 0 Å². The highest BCUT2D eigenvalue weighted by Gasteiger charge is 2.24. The summed E-state index contributed by atoms with van der Waals surface area (Å²) in [5.74, 6) is -1.11. The number of carbonyl (C=O) groups excluding carboxylic acids is 5. The summed E-state index contributed by atoms with van der Waals surface area (Å²) in [4.78, 5) is 102. The summed E-state index contributed by atoms with van der Waals surface area (Å²) in [6.07, 6.45) is 14.7. The molecule has 2 aliphatic heterocycles. The SMILES string of the molecule is CCOC(=O)c1[nH]c(C)c(-c2cc(Cl)ncn2)c1C.CCOC(=O)c1[nH]cc(-c2cc(Cl)ncc2O)c1C.CCOC(=O)c1cc(-c2ccnc(Cl)c2)c[nH]1.Cc1cnc(Cl)cc1-c1c[nH]c(C(=O)N2CCOCC2)c1.O=C(c1cc(-c2ccnc(Cl)c2)c[nH]1)N1CCNCC1. The van der Waals surface area contributed by atoms with Crippen LogP contribution >= 0.6 is 58.0 Å². The minimum absolute atomic E-state index is 0.00177. The molecule has 0 radical (unpaired) electrons. The third-order valence-corrected chi connectivity index (χ3v) is 15.8. The quantitative estimate of drug-likeness (QED) is 0.0244. The molecular weight excluding hydrogens is 1340 g/mol. The van der Waals surface area contributed by atoms with Gasteiger partial charge in [0.1, 0.15) is 66.3 Å². The largest absolute Gasteiger partial charge is 0.506 e. The van der Waals surface area contributed by atoms with Gasteiger partial charge in [0, 0.05) is 128 Å². The van der Waals surface area contributed by atoms with Gasteiger partial charge in [-0.15, -0.1) is 0 Å². The maximum absolute atomic E-state index is 12.4. The molecule has 2 amide bonds. The number of hydrogen-bond acceptors (Lipinski definition) is 17. The summed E-state index contributed by atoms with van der Waals surface area (Å²) in [5, 5.41) is 15.0. The molecule has 96 heavy (non-hydrogen) atoms. The number of amides is 2. The van der Waals surface area contributed by atoms with Gasteiger partial charge in [0.2, 0.25) is 0 Å². The number of H-pyrrole nitrogens is 5. The van der Waals surface area contributed by atoms with Crippen molar-refractivity contribution >= 4 is 87.7 Å². The van der Waals surface area contributed by atoms with Crippen molar-refractivity contribution in [2.75, 3.05) is 72.3 Å². The molecule has 29 heteroatoms. The van der Waals surface area contributed by atoms with E-state index >= 15 is 0 Å². The summed E-state index contributed by atoms with van der Waals surface area (Å²) >= 11 is 29.3. The van der Waals surface area contributed by atoms with Crippen LogP contribution in [0, 0.1) is 27.7 Å². The van der Waals surface area contributed by atoms with Crippen LogP contribution in [0.5, 0.6) is 5.75 Å². The number of pyridine rings is 4. The highest BCUT2D eigenvalue weighted by atomic mass is 35.5. The Kier molecular flexibility index (Phi) is 26.3. The number of aryl methyl sites for hydroxylation is 2. The van der Waals surface area contributed by atoms with Gasteiger partial charge in [0.05, 0.1) is 44.9 Å². The van der Waals surface area contributed by atoms with E-state index < -0.39 is 5.97 Å². The van der Waals surface area contributed by atoms with Crippen LogP contribution in [0.15, 0.2) is 117 Å². The van der Waals surface area contributed by atoms with E-state index in [0.717, 1.165) is 81.9 Å². The highest BCUT2D eigenvalue weighted by Crippen LogP contribution is 2.35. The van der Waals surface area contributed by atoms with Crippen LogP contribution in [-0.2, 0) is 18.9 Å². The van der Waals surface area contributed by atoms with Crippen molar-refractivity contribution in [1.29, 1.82) is 0 Å². The van der Waals surface area contributed by atoms with E-state index in [0.29, 0.717) is 118 Å². The van der Waals surface area contributed by atoms with Crippen LogP contribution < -0.4 is 5.32 Å². The molecule has 7 N–H and O–H groups in total. The Balaban J connectivity index is 0.000000154. The maximum Gasteiger partial charge on any atom is 0.355 e. The van der Waals surface area contributed by atoms with Crippen molar-refractivity contribution < 1.29 is 48.0 Å². The number of hydrogen-bond donors (Lipinski definition) is 7. The van der Waals surface area contributed by atoms with Crippen LogP contribution in [0.25, 0.3) is 55.8 Å². The molecule has 0 bridgehead atoms. The Labute approximate surface area is 577 Å². The van der Waals surface area contributed by atoms with E-state index in [9.17, 15) is 29.1 Å². The standard InChI is InChI=1S/C15H16ClN3O2.C14H15ClN4O.C13H14ClN3O2.C13H13ClN2O3.C12H11ClN2O2/c1-10-8-18-14(16)7-12(10)11-6-13(17-9-11)15(20)19-2-4-21-5-3-19;15-13-8-10(1-2-17-13)11-7-12(18-9-11)14(20)19-5-3-16-4-6-19;1-4-19-13(18)12-7(2)11(8(3)17-12)9-5-10(14)16-6-15-9;1-3-19-13(18)12-7(2)9(5-16-12)8-4-11(14)15-6-10(8)17;1-2-17-12(16)10-5-9(7-15-10)8-3-4-14-11(13)6-8/h6-9,17H,2-5H2,1H3;1-2,7-9,16,18H,3-6H2;5-6,17H,4H2,1-3H3;4-6,16-17H,3H2,1-2H3;3-7,15H,2H2,1H3. The number of esters is 3. The summed E-state index contributed by atoms with van der Waals surface area (Å²) < 4.78 is 20.1. The van der Waals surface area contributed by atoms with Crippen LogP contribution in [0.2, 0.25) is 25.8 Å². The average Bonchev–Trinajstić information content (AvgIpc) is 1.67. The first-order valence-corrected chi connectivity index (χ1v) is 32.1. The lowest BCUT2D eigenvalue weighted by Crippen LogP contribution is -2.46. The lowest BCUT2D eigenvalue weighted by Gasteiger charge is -2.26. The van der Waals surface area contributed by atoms with E-state index in [1.54, 1.807) is 93.9 Å². The second-order valence-electron chi connectivity index (χ2n) is 21.1. The third kappa shape index (κ3) is 19.2. The van der Waals surface area contributed by atoms with Gasteiger partial charge in [0.15, 0.2) is 0 Å². The third-order valence-electron chi connectivity index (χ3n) is 14.8. The van der Waals surface area contributed by atoms with Crippen molar-refractivity contribution in [3.8, 4) is 61.5 Å². The van der Waals surface area contributed by atoms with Crippen LogP contribution in [0.3, 0.4) is 0 Å². The Morgan fingerprint density at radius 3 is 1.59 bits per heavy atom. The van der Waals surface area contributed by atoms with Crippen molar-refractivity contribution in [3.05, 3.63) is 193 Å². The van der Waals surface area contributed by atoms with Crippen LogP contribution in [0.1, 0.15) is 95.6 Å². The second-order valence-corrected chi connectivity index (χ2v) is 23.1. The first-order chi connectivity index (χ1) is 46.2. The zero-order chi connectivity index (χ0) is 69.0. The zero-order valence-corrected chi connectivity index (χ0v) is 57.1. The Hall–Kier alpha value is -9.40. The molecule has 2 fully saturated rings. The smallest absolute Gasteiger partial charge is 0.355 e. The molecule has 10 aromatic rings. The second kappa shape index (κ2) is 34.8. The normalized spacial score (nSPS) is 12.5. The Bertz CT molecular complexity index is 4320. The molecule has 0 atom stereocenters. The molecule has 12 heterocycles. The van der Waals surface area contributed by atoms with Gasteiger partial charge >= 0.3 is 17.9 Å². The fourth-order valence-corrected chi connectivity index (χ4v) is 10.8. The molecule has 502 valence electrons. The predicted molar refractivity (Wildman–Crippen MR) is 367 cm³/mol. The van der Waals surface area contributed by atoms with Crippen molar-refractivity contribution in [2.45, 2.75) is 48.5 Å². The molecule has 10 aromatic heterocycles. The number of carbonyl (C=O) groups is 5. The monoisotopic (exact) mass is 1400 g/mol. The number of nitrogens with zero attached hydrogens (tertiary/aromatic N) is 8. The molecule has 2 aliphatic rings. The molecule has 0 unspecified atom stereocenters. The zero-order valence-electron chi connectivity index (χ0n) is 53.3. The van der Waals surface area contributed by atoms with Gasteiger partial charge in [-0.05, 0) is 136 Å². The Morgan fingerprint density at radius 1 is 0.510 bits per heavy atom. The van der Waals surface area contributed by atoms with Gasteiger partial charge in [-0.2, -0.15) is 0 Å². The number of aromatic amines is 5. The molecule has 0 spiro atoms. The molecule has 0 saturated carbocycles. The number of ether oxygens (including phenoxy) is 4. The van der Waals surface area contributed by atoms with Gasteiger partial charge < -0.3 is 64.1 Å². The van der Waals surface area contributed by atoms with E-state index in [1.165, 1.54) is 12.5 Å². The lowest BCUT2D eigenvalue weighted by molar-refractivity contribution is 0.0299. The minimum Gasteiger partial charge on any atom is -0.506 e. The molecule has 0 aromatic carbocycles. The summed E-state index contributed by atoms with van der Waals surface area (Å²) in [7, 11) is 0. The molecule has 12 rings (SSSR count). The molecular formula is C67H69Cl5N14O10. The minimum atomic E-state index is -0.425. The number of nitrogens with one attached hydrogen (secondary N) is 6.